The molecule has 0 aliphatic carbocycles. The van der Waals surface area contributed by atoms with Crippen LogP contribution in [0.1, 0.15) is 58.2 Å². The molecule has 2 aromatic carbocycles. The molecular formula is C20H20BrClKNO3. The molecule has 138 valence electrons. The second-order valence-electron chi connectivity index (χ2n) is 5.76. The molecule has 27 heavy (non-hydrogen) atoms. The third-order valence-electron chi connectivity index (χ3n) is 3.85. The smallest absolute Gasteiger partial charge is 1.00 e. The van der Waals surface area contributed by atoms with Crippen LogP contribution >= 0.6 is 27.5 Å². The number of ketones is 1. The van der Waals surface area contributed by atoms with Gasteiger partial charge in [-0.1, -0.05) is 46.1 Å². The Balaban J connectivity index is 0.000000502. The molecule has 0 bridgehead atoms. The second kappa shape index (κ2) is 13.0. The van der Waals surface area contributed by atoms with E-state index in [1.165, 1.54) is 0 Å². The number of hydrogen-bond donors (Lipinski definition) is 1. The number of benzene rings is 2. The largest absolute Gasteiger partial charge is 1.00 e. The number of imide groups is 1. The molecule has 0 aromatic heterocycles. The van der Waals surface area contributed by atoms with Gasteiger partial charge in [-0.05, 0) is 49.2 Å². The number of rotatable bonds is 6. The molecular weight excluding hydrogens is 457 g/mol. The van der Waals surface area contributed by atoms with E-state index >= 15 is 0 Å². The van der Waals surface area contributed by atoms with Gasteiger partial charge in [0.2, 0.25) is 0 Å². The van der Waals surface area contributed by atoms with Crippen LogP contribution in [0.5, 0.6) is 0 Å². The van der Waals surface area contributed by atoms with E-state index in [1.54, 1.807) is 48.5 Å². The standard InChI is InChI=1S/C12H14BrClO.C8H5NO2.K.H/c13-9-3-1-2-4-12(15)10-5-7-11(14)8-6-10;10-7-5-3-1-2-4-6(5)8(11)9-7;;/h5-8H,1-4,9H2;1-4H,(H,9,10,11);;/q;;+1;-1. The Bertz CT molecular complexity index is 769. The number of amides is 2. The van der Waals surface area contributed by atoms with E-state index < -0.39 is 0 Å². The van der Waals surface area contributed by atoms with Crippen molar-refractivity contribution in [1.29, 1.82) is 0 Å². The van der Waals surface area contributed by atoms with Crippen molar-refractivity contribution in [1.82, 2.24) is 5.32 Å². The van der Waals surface area contributed by atoms with Crippen molar-refractivity contribution in [3.63, 3.8) is 0 Å². The summed E-state index contributed by atoms with van der Waals surface area (Å²) in [6.45, 7) is 0. The van der Waals surface area contributed by atoms with E-state index in [2.05, 4.69) is 21.2 Å². The molecule has 1 aliphatic rings. The maximum atomic E-state index is 11.7. The molecule has 1 N–H and O–H groups in total. The molecule has 7 heteroatoms. The first-order valence-electron chi connectivity index (χ1n) is 8.32. The molecule has 0 fully saturated rings. The van der Waals surface area contributed by atoms with Gasteiger partial charge in [-0.15, -0.1) is 0 Å². The minimum absolute atomic E-state index is 0. The number of hydrogen-bond acceptors (Lipinski definition) is 3. The quantitative estimate of drug-likeness (QED) is 0.228. The molecule has 1 aliphatic heterocycles. The van der Waals surface area contributed by atoms with Crippen LogP contribution in [-0.4, -0.2) is 22.9 Å². The van der Waals surface area contributed by atoms with Crippen LogP contribution in [0.2, 0.25) is 5.02 Å². The van der Waals surface area contributed by atoms with Crippen molar-refractivity contribution in [3.8, 4) is 0 Å². The minimum Gasteiger partial charge on any atom is -1.00 e. The normalized spacial score (nSPS) is 11.6. The van der Waals surface area contributed by atoms with Gasteiger partial charge < -0.3 is 1.43 Å². The molecule has 2 amide bonds. The molecule has 0 spiro atoms. The van der Waals surface area contributed by atoms with Gasteiger partial charge in [0.1, 0.15) is 0 Å². The first kappa shape index (κ1) is 24.7. The van der Waals surface area contributed by atoms with Crippen LogP contribution in [-0.2, 0) is 0 Å². The van der Waals surface area contributed by atoms with Gasteiger partial charge in [-0.2, -0.15) is 0 Å². The van der Waals surface area contributed by atoms with Gasteiger partial charge in [-0.3, -0.25) is 19.7 Å². The van der Waals surface area contributed by atoms with Crippen molar-refractivity contribution in [2.75, 3.05) is 5.33 Å². The van der Waals surface area contributed by atoms with Crippen LogP contribution in [0.15, 0.2) is 48.5 Å². The summed E-state index contributed by atoms with van der Waals surface area (Å²) in [5.74, 6) is -0.391. The fourth-order valence-electron chi connectivity index (χ4n) is 2.45. The number of carbonyl (C=O) groups excluding carboxylic acids is 3. The third kappa shape index (κ3) is 7.89. The number of carbonyl (C=O) groups is 3. The molecule has 2 aromatic rings. The van der Waals surface area contributed by atoms with Crippen molar-refractivity contribution in [2.45, 2.75) is 25.7 Å². The molecule has 0 saturated carbocycles. The van der Waals surface area contributed by atoms with Crippen LogP contribution in [0.3, 0.4) is 0 Å². The summed E-state index contributed by atoms with van der Waals surface area (Å²) in [4.78, 5) is 33.6. The molecule has 1 heterocycles. The molecule has 0 atom stereocenters. The van der Waals surface area contributed by atoms with Gasteiger partial charge >= 0.3 is 51.4 Å². The zero-order valence-electron chi connectivity index (χ0n) is 16.1. The summed E-state index contributed by atoms with van der Waals surface area (Å²) in [5, 5.41) is 3.89. The summed E-state index contributed by atoms with van der Waals surface area (Å²) in [6.07, 6.45) is 3.83. The van der Waals surface area contributed by atoms with E-state index in [1.807, 2.05) is 0 Å². The number of halogens is 2. The second-order valence-corrected chi connectivity index (χ2v) is 6.99. The van der Waals surface area contributed by atoms with Gasteiger partial charge in [-0.25, -0.2) is 0 Å². The maximum absolute atomic E-state index is 11.7. The minimum atomic E-state index is -0.300. The fourth-order valence-corrected chi connectivity index (χ4v) is 2.98. The van der Waals surface area contributed by atoms with E-state index in [4.69, 9.17) is 11.6 Å². The predicted molar refractivity (Wildman–Crippen MR) is 107 cm³/mol. The Morgan fingerprint density at radius 3 is 2.00 bits per heavy atom. The summed E-state index contributed by atoms with van der Waals surface area (Å²) < 4.78 is 0. The average molecular weight is 477 g/mol. The first-order valence-corrected chi connectivity index (χ1v) is 9.82. The van der Waals surface area contributed by atoms with Crippen LogP contribution in [0, 0.1) is 0 Å². The number of Topliss-reactive ketones (excluding diaryl/α,β-unsaturated/α-hetero) is 1. The number of fused-ring (bicyclic) bond motifs is 1. The average Bonchev–Trinajstić information content (AvgIpc) is 2.94. The molecule has 0 radical (unpaired) electrons. The fraction of sp³-hybridized carbons (Fsp3) is 0.250. The molecule has 4 nitrogen and oxygen atoms in total. The summed E-state index contributed by atoms with van der Waals surface area (Å²) in [7, 11) is 0. The Hall–Kier alpha value is -0.344. The zero-order valence-corrected chi connectivity index (χ0v) is 20.6. The summed E-state index contributed by atoms with van der Waals surface area (Å²) in [6, 6.07) is 13.8. The Morgan fingerprint density at radius 2 is 1.48 bits per heavy atom. The Labute approximate surface area is 216 Å². The zero-order chi connectivity index (χ0) is 18.9. The number of nitrogens with one attached hydrogen (secondary N) is 1. The van der Waals surface area contributed by atoms with Gasteiger partial charge in [0.25, 0.3) is 11.8 Å². The van der Waals surface area contributed by atoms with Crippen molar-refractivity contribution < 1.29 is 67.2 Å². The molecule has 3 rings (SSSR count). The summed E-state index contributed by atoms with van der Waals surface area (Å²) >= 11 is 9.12. The predicted octanol–water partition coefficient (Wildman–Crippen LogP) is 2.16. The van der Waals surface area contributed by atoms with E-state index in [-0.39, 0.29) is 70.4 Å². The van der Waals surface area contributed by atoms with Crippen molar-refractivity contribution >= 4 is 45.1 Å². The number of alkyl halides is 1. The van der Waals surface area contributed by atoms with Crippen LogP contribution in [0.4, 0.5) is 0 Å². The van der Waals surface area contributed by atoms with Gasteiger partial charge in [0, 0.05) is 22.3 Å². The number of unbranched alkanes of at least 4 members (excludes halogenated alkanes) is 2. The van der Waals surface area contributed by atoms with Crippen LogP contribution in [0.25, 0.3) is 0 Å². The van der Waals surface area contributed by atoms with E-state index in [9.17, 15) is 14.4 Å². The van der Waals surface area contributed by atoms with Gasteiger partial charge in [0.15, 0.2) is 5.78 Å². The topological polar surface area (TPSA) is 63.2 Å². The van der Waals surface area contributed by atoms with E-state index in [0.29, 0.717) is 22.6 Å². The first-order chi connectivity index (χ1) is 12.5. The van der Waals surface area contributed by atoms with Crippen LogP contribution < -0.4 is 56.7 Å². The van der Waals surface area contributed by atoms with Gasteiger partial charge in [0.05, 0.1) is 11.1 Å². The van der Waals surface area contributed by atoms with Crippen molar-refractivity contribution in [2.24, 2.45) is 0 Å². The molecule has 0 saturated heterocycles. The SMILES string of the molecule is O=C(CCCCCBr)c1ccc(Cl)cc1.O=C1NC(=O)c2ccccc21.[H-].[K+]. The maximum Gasteiger partial charge on any atom is 1.00 e. The molecule has 0 unspecified atom stereocenters. The third-order valence-corrected chi connectivity index (χ3v) is 4.66. The van der Waals surface area contributed by atoms with E-state index in [0.717, 1.165) is 30.2 Å². The summed E-state index contributed by atoms with van der Waals surface area (Å²) in [5.41, 5.74) is 1.70. The monoisotopic (exact) mass is 475 g/mol. The Morgan fingerprint density at radius 1 is 0.926 bits per heavy atom. The van der Waals surface area contributed by atoms with Crippen molar-refractivity contribution in [3.05, 3.63) is 70.2 Å². The Kier molecular flexibility index (Phi) is 11.9.